The van der Waals surface area contributed by atoms with Crippen LogP contribution in [0.15, 0.2) is 43.0 Å². The fourth-order valence-corrected chi connectivity index (χ4v) is 1.26. The zero-order chi connectivity index (χ0) is 12.5. The Labute approximate surface area is 102 Å². The van der Waals surface area contributed by atoms with Gasteiger partial charge in [-0.3, -0.25) is 0 Å². The van der Waals surface area contributed by atoms with E-state index in [4.69, 9.17) is 4.74 Å². The van der Waals surface area contributed by atoms with Gasteiger partial charge in [0.05, 0.1) is 6.61 Å². The second kappa shape index (κ2) is 7.28. The maximum atomic E-state index is 11.1. The Morgan fingerprint density at radius 2 is 2.12 bits per heavy atom. The van der Waals surface area contributed by atoms with Gasteiger partial charge in [-0.15, -0.1) is 6.58 Å². The average molecular weight is 231 g/mol. The monoisotopic (exact) mass is 231 g/mol. The summed E-state index contributed by atoms with van der Waals surface area (Å²) in [6.45, 7) is 6.55. The van der Waals surface area contributed by atoms with Crippen molar-refractivity contribution in [2.45, 2.75) is 6.92 Å². The first-order valence-electron chi connectivity index (χ1n) is 5.56. The Bertz CT molecular complexity index is 393. The molecular weight excluding hydrogens is 214 g/mol. The summed E-state index contributed by atoms with van der Waals surface area (Å²) in [5.74, 6) is -0.318. The Morgan fingerprint density at radius 1 is 1.41 bits per heavy atom. The number of carbonyl (C=O) groups excluding carboxylic acids is 1. The molecule has 0 aliphatic carbocycles. The number of nitrogens with one attached hydrogen (secondary N) is 1. The average Bonchev–Trinajstić information content (AvgIpc) is 2.35. The van der Waals surface area contributed by atoms with E-state index in [9.17, 15) is 4.79 Å². The minimum absolute atomic E-state index is 0.318. The van der Waals surface area contributed by atoms with Crippen molar-refractivity contribution in [2.75, 3.05) is 18.5 Å². The third-order valence-electron chi connectivity index (χ3n) is 2.06. The highest BCUT2D eigenvalue weighted by Crippen LogP contribution is 2.10. The number of benzene rings is 1. The van der Waals surface area contributed by atoms with Gasteiger partial charge in [-0.25, -0.2) is 4.79 Å². The topological polar surface area (TPSA) is 38.3 Å². The fraction of sp³-hybridized carbons (Fsp3) is 0.214. The van der Waals surface area contributed by atoms with E-state index in [0.717, 1.165) is 17.8 Å². The van der Waals surface area contributed by atoms with Crippen molar-refractivity contribution >= 4 is 17.7 Å². The van der Waals surface area contributed by atoms with Crippen molar-refractivity contribution in [1.29, 1.82) is 0 Å². The molecule has 0 bridgehead atoms. The molecule has 0 aliphatic rings. The molecule has 0 amide bonds. The van der Waals surface area contributed by atoms with Crippen molar-refractivity contribution in [3.8, 4) is 0 Å². The number of esters is 1. The van der Waals surface area contributed by atoms with E-state index in [2.05, 4.69) is 11.9 Å². The summed E-state index contributed by atoms with van der Waals surface area (Å²) >= 11 is 0. The number of carbonyl (C=O) groups is 1. The zero-order valence-corrected chi connectivity index (χ0v) is 9.98. The first-order valence-corrected chi connectivity index (χ1v) is 5.56. The molecule has 1 N–H and O–H groups in total. The van der Waals surface area contributed by atoms with Crippen LogP contribution < -0.4 is 5.32 Å². The largest absolute Gasteiger partial charge is 0.463 e. The van der Waals surface area contributed by atoms with Crippen LogP contribution >= 0.6 is 0 Å². The predicted molar refractivity (Wildman–Crippen MR) is 70.8 cm³/mol. The van der Waals surface area contributed by atoms with Gasteiger partial charge in [-0.05, 0) is 30.7 Å². The molecule has 0 spiro atoms. The van der Waals surface area contributed by atoms with Crippen LogP contribution in [-0.4, -0.2) is 19.1 Å². The molecule has 0 fully saturated rings. The van der Waals surface area contributed by atoms with Gasteiger partial charge in [0.2, 0.25) is 0 Å². The van der Waals surface area contributed by atoms with Gasteiger partial charge in [0.15, 0.2) is 0 Å². The molecule has 1 aromatic rings. The molecule has 17 heavy (non-hydrogen) atoms. The van der Waals surface area contributed by atoms with E-state index in [0.29, 0.717) is 6.61 Å². The molecule has 0 radical (unpaired) electrons. The van der Waals surface area contributed by atoms with Crippen LogP contribution in [0.3, 0.4) is 0 Å². The zero-order valence-electron chi connectivity index (χ0n) is 9.98. The van der Waals surface area contributed by atoms with Gasteiger partial charge >= 0.3 is 5.97 Å². The summed E-state index contributed by atoms with van der Waals surface area (Å²) in [6, 6.07) is 7.77. The molecule has 0 heterocycles. The predicted octanol–water partition coefficient (Wildman–Crippen LogP) is 2.86. The van der Waals surface area contributed by atoms with E-state index < -0.39 is 0 Å². The highest BCUT2D eigenvalue weighted by Gasteiger charge is 1.94. The van der Waals surface area contributed by atoms with Crippen LogP contribution in [-0.2, 0) is 9.53 Å². The van der Waals surface area contributed by atoms with Crippen molar-refractivity contribution in [2.24, 2.45) is 0 Å². The van der Waals surface area contributed by atoms with Crippen molar-refractivity contribution in [3.63, 3.8) is 0 Å². The molecule has 3 nitrogen and oxygen atoms in total. The van der Waals surface area contributed by atoms with Crippen LogP contribution in [0.1, 0.15) is 12.5 Å². The van der Waals surface area contributed by atoms with E-state index in [1.165, 1.54) is 6.08 Å². The Morgan fingerprint density at radius 3 is 2.71 bits per heavy atom. The van der Waals surface area contributed by atoms with E-state index in [1.54, 1.807) is 19.1 Å². The Kier molecular flexibility index (Phi) is 5.58. The number of hydrogen-bond acceptors (Lipinski definition) is 3. The van der Waals surface area contributed by atoms with E-state index in [1.807, 2.05) is 24.3 Å². The van der Waals surface area contributed by atoms with Crippen molar-refractivity contribution in [1.82, 2.24) is 0 Å². The molecule has 0 atom stereocenters. The van der Waals surface area contributed by atoms with Crippen LogP contribution in [0.5, 0.6) is 0 Å². The van der Waals surface area contributed by atoms with Crippen molar-refractivity contribution < 1.29 is 9.53 Å². The second-order valence-electron chi connectivity index (χ2n) is 3.38. The smallest absolute Gasteiger partial charge is 0.330 e. The summed E-state index contributed by atoms with van der Waals surface area (Å²) in [6.07, 6.45) is 4.96. The first-order chi connectivity index (χ1) is 8.26. The number of hydrogen-bond donors (Lipinski definition) is 1. The standard InChI is InChI=1S/C14H17NO2/c1-3-11-15-13-8-5-12(6-9-13)7-10-14(16)17-4-2/h3,5-10,15H,1,4,11H2,2H3/b10-7+. The molecule has 0 saturated carbocycles. The molecule has 90 valence electrons. The molecule has 1 rings (SSSR count). The third kappa shape index (κ3) is 5.02. The quantitative estimate of drug-likeness (QED) is 0.465. The van der Waals surface area contributed by atoms with Crippen molar-refractivity contribution in [3.05, 3.63) is 48.6 Å². The van der Waals surface area contributed by atoms with Gasteiger partial charge in [-0.2, -0.15) is 0 Å². The lowest BCUT2D eigenvalue weighted by Crippen LogP contribution is -1.98. The SMILES string of the molecule is C=CCNc1ccc(/C=C/C(=O)OCC)cc1. The minimum atomic E-state index is -0.318. The second-order valence-corrected chi connectivity index (χ2v) is 3.38. The van der Waals surface area contributed by atoms with Crippen LogP contribution in [0, 0.1) is 0 Å². The minimum Gasteiger partial charge on any atom is -0.463 e. The number of ether oxygens (including phenoxy) is 1. The summed E-state index contributed by atoms with van der Waals surface area (Å²) in [5.41, 5.74) is 1.99. The molecule has 0 aromatic heterocycles. The lowest BCUT2D eigenvalue weighted by Gasteiger charge is -2.02. The van der Waals surface area contributed by atoms with Gasteiger partial charge in [0.25, 0.3) is 0 Å². The van der Waals surface area contributed by atoms with E-state index in [-0.39, 0.29) is 5.97 Å². The van der Waals surface area contributed by atoms with E-state index >= 15 is 0 Å². The summed E-state index contributed by atoms with van der Waals surface area (Å²) in [5, 5.41) is 3.17. The molecule has 3 heteroatoms. The van der Waals surface area contributed by atoms with Crippen LogP contribution in [0.4, 0.5) is 5.69 Å². The van der Waals surface area contributed by atoms with Gasteiger partial charge in [0.1, 0.15) is 0 Å². The Hall–Kier alpha value is -2.03. The molecular formula is C14H17NO2. The lowest BCUT2D eigenvalue weighted by molar-refractivity contribution is -0.137. The van der Waals surface area contributed by atoms with Crippen LogP contribution in [0.25, 0.3) is 6.08 Å². The lowest BCUT2D eigenvalue weighted by atomic mass is 10.2. The number of anilines is 1. The summed E-state index contributed by atoms with van der Waals surface area (Å²) in [4.78, 5) is 11.1. The maximum absolute atomic E-state index is 11.1. The summed E-state index contributed by atoms with van der Waals surface area (Å²) < 4.78 is 4.79. The fourth-order valence-electron chi connectivity index (χ4n) is 1.26. The number of rotatable bonds is 6. The molecule has 0 unspecified atom stereocenters. The third-order valence-corrected chi connectivity index (χ3v) is 2.06. The summed E-state index contributed by atoms with van der Waals surface area (Å²) in [7, 11) is 0. The van der Waals surface area contributed by atoms with Crippen LogP contribution in [0.2, 0.25) is 0 Å². The van der Waals surface area contributed by atoms with Gasteiger partial charge in [0, 0.05) is 18.3 Å². The normalized spacial score (nSPS) is 10.2. The van der Waals surface area contributed by atoms with Gasteiger partial charge < -0.3 is 10.1 Å². The molecule has 1 aromatic carbocycles. The molecule has 0 saturated heterocycles. The highest BCUT2D eigenvalue weighted by atomic mass is 16.5. The van der Waals surface area contributed by atoms with Gasteiger partial charge in [-0.1, -0.05) is 18.2 Å². The first kappa shape index (κ1) is 13.0. The highest BCUT2D eigenvalue weighted by molar-refractivity contribution is 5.87. The molecule has 0 aliphatic heterocycles. The maximum Gasteiger partial charge on any atom is 0.330 e. The Balaban J connectivity index is 2.55.